The van der Waals surface area contributed by atoms with Gasteiger partial charge in [-0.1, -0.05) is 11.6 Å². The van der Waals surface area contributed by atoms with Crippen LogP contribution in [0, 0.1) is 11.3 Å². The maximum atomic E-state index is 11.8. The van der Waals surface area contributed by atoms with E-state index in [9.17, 15) is 4.79 Å². The van der Waals surface area contributed by atoms with Gasteiger partial charge in [-0.05, 0) is 26.1 Å². The summed E-state index contributed by atoms with van der Waals surface area (Å²) < 4.78 is 0. The fourth-order valence-corrected chi connectivity index (χ4v) is 2.64. The second kappa shape index (κ2) is 5.70. The highest BCUT2D eigenvalue weighted by molar-refractivity contribution is 6.33. The Bertz CT molecular complexity index is 581. The van der Waals surface area contributed by atoms with E-state index in [0.29, 0.717) is 11.4 Å². The van der Waals surface area contributed by atoms with Gasteiger partial charge < -0.3 is 15.5 Å². The van der Waals surface area contributed by atoms with Crippen molar-refractivity contribution in [3.63, 3.8) is 0 Å². The fraction of sp³-hybridized carbons (Fsp3) is 0.429. The van der Waals surface area contributed by atoms with Crippen LogP contribution in [0.4, 0.5) is 11.4 Å². The minimum absolute atomic E-state index is 0.0488. The number of likely N-dealkylation sites (N-methyl/N-ethyl adjacent to an activating group) is 1. The number of amides is 1. The first kappa shape index (κ1) is 14.6. The predicted molar refractivity (Wildman–Crippen MR) is 80.0 cm³/mol. The Balaban J connectivity index is 2.38. The van der Waals surface area contributed by atoms with Crippen molar-refractivity contribution >= 4 is 28.9 Å². The van der Waals surface area contributed by atoms with Gasteiger partial charge in [-0.3, -0.25) is 4.79 Å². The summed E-state index contributed by atoms with van der Waals surface area (Å²) in [6.07, 6.45) is 0.412. The minimum Gasteiger partial charge on any atom is -0.370 e. The van der Waals surface area contributed by atoms with Gasteiger partial charge >= 0.3 is 0 Å². The lowest BCUT2D eigenvalue weighted by Crippen LogP contribution is -2.28. The first-order valence-corrected chi connectivity index (χ1v) is 6.78. The zero-order valence-electron chi connectivity index (χ0n) is 11.7. The largest absolute Gasteiger partial charge is 0.370 e. The molecule has 1 aliphatic rings. The van der Waals surface area contributed by atoms with Crippen molar-refractivity contribution in [1.29, 1.82) is 5.26 Å². The number of nitrogens with one attached hydrogen (secondary N) is 2. The monoisotopic (exact) mass is 292 g/mol. The first-order valence-electron chi connectivity index (χ1n) is 6.41. The summed E-state index contributed by atoms with van der Waals surface area (Å²) in [5, 5.41) is 15.2. The van der Waals surface area contributed by atoms with Crippen molar-refractivity contribution in [2.75, 3.05) is 24.3 Å². The molecule has 2 rings (SSSR count). The van der Waals surface area contributed by atoms with Gasteiger partial charge in [-0.2, -0.15) is 5.26 Å². The molecule has 0 radical (unpaired) electrons. The van der Waals surface area contributed by atoms with Crippen LogP contribution in [0.2, 0.25) is 5.02 Å². The molecule has 0 aliphatic carbocycles. The molecule has 0 saturated carbocycles. The van der Waals surface area contributed by atoms with E-state index in [4.69, 9.17) is 16.9 Å². The molecule has 0 saturated heterocycles. The molecule has 1 amide bonds. The van der Waals surface area contributed by atoms with Crippen LogP contribution in [-0.2, 0) is 4.79 Å². The highest BCUT2D eigenvalue weighted by Gasteiger charge is 2.30. The number of benzene rings is 1. The summed E-state index contributed by atoms with van der Waals surface area (Å²) in [5.41, 5.74) is 2.43. The van der Waals surface area contributed by atoms with Gasteiger partial charge in [0, 0.05) is 24.3 Å². The summed E-state index contributed by atoms with van der Waals surface area (Å²) in [4.78, 5) is 13.8. The van der Waals surface area contributed by atoms with Gasteiger partial charge in [0.1, 0.15) is 6.04 Å². The van der Waals surface area contributed by atoms with Crippen molar-refractivity contribution in [1.82, 2.24) is 5.32 Å². The van der Waals surface area contributed by atoms with Crippen molar-refractivity contribution in [3.8, 4) is 6.07 Å². The second-order valence-corrected chi connectivity index (χ2v) is 5.33. The fourth-order valence-electron chi connectivity index (χ4n) is 2.33. The number of carbonyl (C=O) groups is 1. The number of carbonyl (C=O) groups excluding carboxylic acids is 1. The van der Waals surface area contributed by atoms with Crippen molar-refractivity contribution < 1.29 is 4.79 Å². The summed E-state index contributed by atoms with van der Waals surface area (Å²) in [6.45, 7) is 1.96. The maximum Gasteiger partial charge on any atom is 0.246 e. The summed E-state index contributed by atoms with van der Waals surface area (Å²) >= 11 is 6.33. The Kier molecular flexibility index (Phi) is 4.17. The van der Waals surface area contributed by atoms with E-state index in [1.165, 1.54) is 0 Å². The average molecular weight is 293 g/mol. The molecule has 2 N–H and O–H groups in total. The maximum absolute atomic E-state index is 11.8. The van der Waals surface area contributed by atoms with Crippen molar-refractivity contribution in [2.45, 2.75) is 25.4 Å². The van der Waals surface area contributed by atoms with Crippen LogP contribution in [0.15, 0.2) is 12.1 Å². The molecule has 1 aliphatic heterocycles. The van der Waals surface area contributed by atoms with Gasteiger partial charge in [0.2, 0.25) is 5.91 Å². The van der Waals surface area contributed by atoms with Crippen LogP contribution in [-0.4, -0.2) is 26.0 Å². The lowest BCUT2D eigenvalue weighted by Gasteiger charge is -2.26. The van der Waals surface area contributed by atoms with Crippen LogP contribution in [0.5, 0.6) is 0 Å². The van der Waals surface area contributed by atoms with E-state index in [1.807, 2.05) is 24.9 Å². The zero-order valence-corrected chi connectivity index (χ0v) is 12.5. The number of fused-ring (bicyclic) bond motifs is 1. The van der Waals surface area contributed by atoms with E-state index in [1.54, 1.807) is 13.1 Å². The molecular weight excluding hydrogens is 276 g/mol. The number of halogens is 1. The molecule has 2 atom stereocenters. The highest BCUT2D eigenvalue weighted by Crippen LogP contribution is 2.39. The molecule has 6 heteroatoms. The molecule has 0 fully saturated rings. The Morgan fingerprint density at radius 3 is 2.90 bits per heavy atom. The van der Waals surface area contributed by atoms with E-state index >= 15 is 0 Å². The Hall–Kier alpha value is -1.77. The molecule has 106 valence electrons. The van der Waals surface area contributed by atoms with Crippen LogP contribution in [0.3, 0.4) is 0 Å². The second-order valence-electron chi connectivity index (χ2n) is 4.92. The van der Waals surface area contributed by atoms with Crippen molar-refractivity contribution in [3.05, 3.63) is 22.7 Å². The number of hydrogen-bond acceptors (Lipinski definition) is 4. The molecule has 5 nitrogen and oxygen atoms in total. The third kappa shape index (κ3) is 2.45. The number of nitrogens with zero attached hydrogens (tertiary/aromatic N) is 2. The van der Waals surface area contributed by atoms with Gasteiger partial charge in [-0.15, -0.1) is 0 Å². The molecule has 1 heterocycles. The average Bonchev–Trinajstić information content (AvgIpc) is 2.71. The molecule has 1 aromatic carbocycles. The smallest absolute Gasteiger partial charge is 0.246 e. The van der Waals surface area contributed by atoms with Gasteiger partial charge in [0.15, 0.2) is 0 Å². The summed E-state index contributed by atoms with van der Waals surface area (Å²) in [6, 6.07) is 5.50. The quantitative estimate of drug-likeness (QED) is 0.893. The van der Waals surface area contributed by atoms with Gasteiger partial charge in [-0.25, -0.2) is 0 Å². The van der Waals surface area contributed by atoms with Gasteiger partial charge in [0.25, 0.3) is 0 Å². The first-order chi connectivity index (χ1) is 9.49. The lowest BCUT2D eigenvalue weighted by molar-refractivity contribution is -0.117. The molecular formula is C14H17ClN4O. The van der Waals surface area contributed by atoms with Crippen molar-refractivity contribution in [2.24, 2.45) is 0 Å². The van der Waals surface area contributed by atoms with E-state index in [-0.39, 0.29) is 18.0 Å². The molecule has 0 bridgehead atoms. The molecule has 2 unspecified atom stereocenters. The third-order valence-electron chi connectivity index (χ3n) is 3.67. The normalized spacial score (nSPS) is 18.1. The topological polar surface area (TPSA) is 68.2 Å². The van der Waals surface area contributed by atoms with Crippen LogP contribution < -0.4 is 15.5 Å². The highest BCUT2D eigenvalue weighted by atomic mass is 35.5. The lowest BCUT2D eigenvalue weighted by atomic mass is 10.1. The SMILES string of the molecule is CNC1C(=O)Nc2cc(N(C)C(C)CC#N)c(Cl)cc21. The van der Waals surface area contributed by atoms with E-state index in [0.717, 1.165) is 16.9 Å². The summed E-state index contributed by atoms with van der Waals surface area (Å²) in [5.74, 6) is -0.0801. The molecule has 20 heavy (non-hydrogen) atoms. The van der Waals surface area contributed by atoms with Crippen LogP contribution in [0.25, 0.3) is 0 Å². The number of hydrogen-bond donors (Lipinski definition) is 2. The van der Waals surface area contributed by atoms with E-state index in [2.05, 4.69) is 16.7 Å². The van der Waals surface area contributed by atoms with Crippen LogP contribution >= 0.6 is 11.6 Å². The zero-order chi connectivity index (χ0) is 14.9. The molecule has 0 aromatic heterocycles. The molecule has 0 spiro atoms. The van der Waals surface area contributed by atoms with Gasteiger partial charge in [0.05, 0.1) is 23.2 Å². The van der Waals surface area contributed by atoms with Crippen LogP contribution in [0.1, 0.15) is 24.9 Å². The minimum atomic E-state index is -0.363. The number of rotatable bonds is 4. The Morgan fingerprint density at radius 2 is 2.30 bits per heavy atom. The number of anilines is 2. The Labute approximate surface area is 123 Å². The number of nitriles is 1. The third-order valence-corrected chi connectivity index (χ3v) is 3.97. The summed E-state index contributed by atoms with van der Waals surface area (Å²) in [7, 11) is 3.63. The van der Waals surface area contributed by atoms with E-state index < -0.39 is 0 Å². The standard InChI is InChI=1S/C14H17ClN4O/c1-8(4-5-16)19(3)12-7-11-9(6-10(12)15)13(17-2)14(20)18-11/h6-8,13,17H,4H2,1-3H3,(H,18,20). The predicted octanol–water partition coefficient (Wildman–Crippen LogP) is 2.29. The molecule has 1 aromatic rings. The Morgan fingerprint density at radius 1 is 1.60 bits per heavy atom.